The van der Waals surface area contributed by atoms with Crippen LogP contribution in [0.1, 0.15) is 56.3 Å². The average Bonchev–Trinajstić information content (AvgIpc) is 3.46. The fourth-order valence-electron chi connectivity index (χ4n) is 6.63. The monoisotopic (exact) mass is 588 g/mol. The zero-order chi connectivity index (χ0) is 28.4. The van der Waals surface area contributed by atoms with Crippen LogP contribution in [0.2, 0.25) is 10.0 Å². The number of hydrogen-bond donors (Lipinski definition) is 1. The number of nitrogens with one attached hydrogen (secondary N) is 1. The number of hydrogen-bond acceptors (Lipinski definition) is 5. The molecule has 7 rings (SSSR count). The lowest BCUT2D eigenvalue weighted by Gasteiger charge is -2.38. The summed E-state index contributed by atoms with van der Waals surface area (Å²) in [4.78, 5) is 56.2. The zero-order valence-corrected chi connectivity index (χ0v) is 23.5. The van der Waals surface area contributed by atoms with Crippen LogP contribution in [0.15, 0.2) is 54.6 Å². The van der Waals surface area contributed by atoms with Crippen LogP contribution in [0.4, 0.5) is 0 Å². The Morgan fingerprint density at radius 3 is 2.10 bits per heavy atom. The fraction of sp³-hybridized carbons (Fsp3) is 0.290. The molecule has 0 saturated carbocycles. The van der Waals surface area contributed by atoms with E-state index in [4.69, 9.17) is 23.2 Å². The Morgan fingerprint density at radius 1 is 0.805 bits per heavy atom. The highest BCUT2D eigenvalue weighted by Gasteiger charge is 2.40. The molecular formula is C31H26Cl2N4O4. The molecule has 1 unspecified atom stereocenters. The highest BCUT2D eigenvalue weighted by Crippen LogP contribution is 2.48. The standard InChI is InChI=1S/C31H26Cl2N4O4/c32-19-2-5-22-24(14-19)25-15-20(33)3-6-23(25)28(22)35-9-11-36(12-10-35)30(40)17-1-4-21-18(13-17)16-37(31(21)41)26-7-8-27(38)34-29(26)39/h1-6,13-15,26,28H,7-12,16H2,(H,34,38,39). The first-order chi connectivity index (χ1) is 19.8. The molecule has 3 aromatic rings. The van der Waals surface area contributed by atoms with Gasteiger partial charge in [-0.15, -0.1) is 0 Å². The minimum absolute atomic E-state index is 0.0658. The number of nitrogens with zero attached hydrogens (tertiary/aromatic N) is 3. The highest BCUT2D eigenvalue weighted by molar-refractivity contribution is 6.31. The van der Waals surface area contributed by atoms with Crippen LogP contribution in [-0.2, 0) is 16.1 Å². The Kier molecular flexibility index (Phi) is 6.37. The number of benzene rings is 3. The van der Waals surface area contributed by atoms with E-state index in [0.717, 1.165) is 16.7 Å². The molecule has 4 aliphatic rings. The van der Waals surface area contributed by atoms with E-state index in [2.05, 4.69) is 22.3 Å². The summed E-state index contributed by atoms with van der Waals surface area (Å²) in [6.45, 7) is 2.78. The lowest BCUT2D eigenvalue weighted by Crippen LogP contribution is -2.52. The van der Waals surface area contributed by atoms with Crippen molar-refractivity contribution in [3.8, 4) is 11.1 Å². The molecule has 2 fully saturated rings. The van der Waals surface area contributed by atoms with Crippen LogP contribution < -0.4 is 5.32 Å². The normalized spacial score (nSPS) is 20.6. The van der Waals surface area contributed by atoms with Crippen molar-refractivity contribution >= 4 is 46.8 Å². The Balaban J connectivity index is 1.06. The second-order valence-electron chi connectivity index (χ2n) is 11.0. The van der Waals surface area contributed by atoms with Gasteiger partial charge in [0.1, 0.15) is 6.04 Å². The number of piperazine rings is 1. The maximum absolute atomic E-state index is 13.5. The van der Waals surface area contributed by atoms with E-state index in [9.17, 15) is 19.2 Å². The highest BCUT2D eigenvalue weighted by atomic mass is 35.5. The first kappa shape index (κ1) is 26.2. The first-order valence-electron chi connectivity index (χ1n) is 13.7. The SMILES string of the molecule is O=C1CCC(N2Cc3cc(C(=O)N4CCN(C5c6ccc(Cl)cc6-c6cc(Cl)ccc65)CC4)ccc3C2=O)C(=O)N1. The van der Waals surface area contributed by atoms with Gasteiger partial charge in [0.25, 0.3) is 11.8 Å². The summed E-state index contributed by atoms with van der Waals surface area (Å²) < 4.78 is 0. The number of fused-ring (bicyclic) bond motifs is 4. The van der Waals surface area contributed by atoms with Gasteiger partial charge in [0.05, 0.1) is 6.04 Å². The minimum atomic E-state index is -0.683. The van der Waals surface area contributed by atoms with E-state index in [0.29, 0.717) is 53.8 Å². The van der Waals surface area contributed by atoms with E-state index in [1.165, 1.54) is 16.0 Å². The van der Waals surface area contributed by atoms with Crippen molar-refractivity contribution in [2.24, 2.45) is 0 Å². The van der Waals surface area contributed by atoms with Gasteiger partial charge in [0, 0.05) is 60.3 Å². The van der Waals surface area contributed by atoms with Gasteiger partial charge < -0.3 is 9.80 Å². The molecule has 8 nitrogen and oxygen atoms in total. The zero-order valence-electron chi connectivity index (χ0n) is 22.0. The van der Waals surface area contributed by atoms with Crippen molar-refractivity contribution < 1.29 is 19.2 Å². The van der Waals surface area contributed by atoms with Crippen LogP contribution in [-0.4, -0.2) is 70.5 Å². The third kappa shape index (κ3) is 4.41. The predicted molar refractivity (Wildman–Crippen MR) is 154 cm³/mol. The van der Waals surface area contributed by atoms with E-state index in [1.807, 2.05) is 29.2 Å². The van der Waals surface area contributed by atoms with Gasteiger partial charge >= 0.3 is 0 Å². The molecule has 208 valence electrons. The summed E-state index contributed by atoms with van der Waals surface area (Å²) in [7, 11) is 0. The molecule has 3 aromatic carbocycles. The number of halogens is 2. The van der Waals surface area contributed by atoms with E-state index >= 15 is 0 Å². The molecule has 3 aliphatic heterocycles. The smallest absolute Gasteiger partial charge is 0.255 e. The molecule has 0 bridgehead atoms. The summed E-state index contributed by atoms with van der Waals surface area (Å²) in [5.41, 5.74) is 6.31. The van der Waals surface area contributed by atoms with Gasteiger partial charge in [0.2, 0.25) is 11.8 Å². The average molecular weight is 589 g/mol. The van der Waals surface area contributed by atoms with Crippen molar-refractivity contribution in [2.75, 3.05) is 26.2 Å². The number of rotatable bonds is 3. The number of imide groups is 1. The van der Waals surface area contributed by atoms with E-state index in [1.54, 1.807) is 18.2 Å². The second-order valence-corrected chi connectivity index (χ2v) is 11.8. The number of piperidine rings is 1. The Morgan fingerprint density at radius 2 is 1.46 bits per heavy atom. The van der Waals surface area contributed by atoms with Gasteiger partial charge in [-0.1, -0.05) is 35.3 Å². The molecule has 4 amide bonds. The molecular weight excluding hydrogens is 563 g/mol. The lowest BCUT2D eigenvalue weighted by molar-refractivity contribution is -0.136. The summed E-state index contributed by atoms with van der Waals surface area (Å²) >= 11 is 12.7. The third-order valence-corrected chi connectivity index (χ3v) is 9.12. The third-order valence-electron chi connectivity index (χ3n) is 8.65. The minimum Gasteiger partial charge on any atom is -0.336 e. The molecule has 1 atom stereocenters. The molecule has 41 heavy (non-hydrogen) atoms. The molecule has 0 aromatic heterocycles. The molecule has 2 saturated heterocycles. The topological polar surface area (TPSA) is 90.0 Å². The van der Waals surface area contributed by atoms with E-state index in [-0.39, 0.29) is 36.7 Å². The molecule has 1 aliphatic carbocycles. The number of amides is 4. The van der Waals surface area contributed by atoms with Gasteiger partial charge in [-0.2, -0.15) is 0 Å². The molecule has 0 radical (unpaired) electrons. The van der Waals surface area contributed by atoms with Crippen LogP contribution >= 0.6 is 23.2 Å². The van der Waals surface area contributed by atoms with E-state index < -0.39 is 11.9 Å². The fourth-order valence-corrected chi connectivity index (χ4v) is 6.98. The largest absolute Gasteiger partial charge is 0.336 e. The van der Waals surface area contributed by atoms with Crippen molar-refractivity contribution in [2.45, 2.75) is 31.5 Å². The van der Waals surface area contributed by atoms with Gasteiger partial charge in [0.15, 0.2) is 0 Å². The van der Waals surface area contributed by atoms with Crippen LogP contribution in [0.3, 0.4) is 0 Å². The predicted octanol–water partition coefficient (Wildman–Crippen LogP) is 4.28. The van der Waals surface area contributed by atoms with Crippen molar-refractivity contribution in [3.63, 3.8) is 0 Å². The van der Waals surface area contributed by atoms with Crippen molar-refractivity contribution in [1.82, 2.24) is 20.0 Å². The van der Waals surface area contributed by atoms with Crippen molar-refractivity contribution in [1.29, 1.82) is 0 Å². The Bertz CT molecular complexity index is 1600. The molecule has 10 heteroatoms. The molecule has 0 spiro atoms. The maximum Gasteiger partial charge on any atom is 0.255 e. The summed E-state index contributed by atoms with van der Waals surface area (Å²) in [5, 5.41) is 3.68. The maximum atomic E-state index is 13.5. The Hall–Kier alpha value is -3.72. The van der Waals surface area contributed by atoms with Gasteiger partial charge in [-0.05, 0) is 76.7 Å². The number of carbonyl (C=O) groups is 4. The number of carbonyl (C=O) groups excluding carboxylic acids is 4. The van der Waals surface area contributed by atoms with Crippen LogP contribution in [0.25, 0.3) is 11.1 Å². The van der Waals surface area contributed by atoms with Gasteiger partial charge in [-0.3, -0.25) is 29.4 Å². The Labute approximate surface area is 246 Å². The van der Waals surface area contributed by atoms with Crippen LogP contribution in [0.5, 0.6) is 0 Å². The lowest BCUT2D eigenvalue weighted by atomic mass is 10.0. The quantitative estimate of drug-likeness (QED) is 0.461. The second kappa shape index (κ2) is 9.98. The summed E-state index contributed by atoms with van der Waals surface area (Å²) in [5.74, 6) is -1.10. The van der Waals surface area contributed by atoms with Gasteiger partial charge in [-0.25, -0.2) is 0 Å². The molecule has 1 N–H and O–H groups in total. The first-order valence-corrected chi connectivity index (χ1v) is 14.4. The van der Waals surface area contributed by atoms with Crippen LogP contribution in [0, 0.1) is 0 Å². The molecule has 3 heterocycles. The summed E-state index contributed by atoms with van der Waals surface area (Å²) in [6, 6.07) is 16.5. The van der Waals surface area contributed by atoms with Crippen molar-refractivity contribution in [3.05, 3.63) is 92.5 Å². The summed E-state index contributed by atoms with van der Waals surface area (Å²) in [6.07, 6.45) is 0.502.